The minimum absolute atomic E-state index is 0.0554. The van der Waals surface area contributed by atoms with Crippen molar-refractivity contribution < 1.29 is 27.5 Å². The quantitative estimate of drug-likeness (QED) is 0.849. The number of alkyl halides is 3. The largest absolute Gasteiger partial charge is 0.471 e. The molecule has 0 aliphatic rings. The molecule has 0 atom stereocenters. The standard InChI is InChI=1S/C10H12F3N3O3/c1-4-19-8(17)6-5(2)15-16(3)7(6)14-9(18)10(11,12)13/h4H2,1-3H3,(H,14,18). The van der Waals surface area contributed by atoms with Crippen LogP contribution in [0.3, 0.4) is 0 Å². The van der Waals surface area contributed by atoms with Gasteiger partial charge in [-0.2, -0.15) is 18.3 Å². The SMILES string of the molecule is CCOC(=O)c1c(C)nn(C)c1NC(=O)C(F)(F)F. The smallest absolute Gasteiger partial charge is 0.462 e. The fourth-order valence-corrected chi connectivity index (χ4v) is 1.43. The van der Waals surface area contributed by atoms with Crippen molar-refractivity contribution in [1.82, 2.24) is 9.78 Å². The molecule has 1 heterocycles. The van der Waals surface area contributed by atoms with Gasteiger partial charge >= 0.3 is 18.1 Å². The van der Waals surface area contributed by atoms with E-state index in [1.807, 2.05) is 0 Å². The van der Waals surface area contributed by atoms with Gasteiger partial charge in [-0.05, 0) is 13.8 Å². The predicted molar refractivity (Wildman–Crippen MR) is 58.6 cm³/mol. The molecule has 0 spiro atoms. The number of esters is 1. The fourth-order valence-electron chi connectivity index (χ4n) is 1.43. The first-order chi connectivity index (χ1) is 8.68. The highest BCUT2D eigenvalue weighted by molar-refractivity contribution is 6.02. The van der Waals surface area contributed by atoms with Crippen molar-refractivity contribution in [2.75, 3.05) is 11.9 Å². The van der Waals surface area contributed by atoms with E-state index < -0.39 is 18.1 Å². The van der Waals surface area contributed by atoms with Gasteiger partial charge in [0, 0.05) is 7.05 Å². The number of nitrogens with one attached hydrogen (secondary N) is 1. The summed E-state index contributed by atoms with van der Waals surface area (Å²) in [6.07, 6.45) is -5.05. The van der Waals surface area contributed by atoms with Crippen molar-refractivity contribution in [2.24, 2.45) is 7.05 Å². The Hall–Kier alpha value is -2.06. The molecule has 0 radical (unpaired) electrons. The lowest BCUT2D eigenvalue weighted by atomic mass is 10.2. The summed E-state index contributed by atoms with van der Waals surface area (Å²) >= 11 is 0. The molecule has 1 aromatic heterocycles. The van der Waals surface area contributed by atoms with Crippen molar-refractivity contribution >= 4 is 17.7 Å². The molecule has 0 aromatic carbocycles. The summed E-state index contributed by atoms with van der Waals surface area (Å²) in [5, 5.41) is 5.40. The Morgan fingerprint density at radius 1 is 1.42 bits per heavy atom. The topological polar surface area (TPSA) is 73.2 Å². The summed E-state index contributed by atoms with van der Waals surface area (Å²) in [6, 6.07) is 0. The van der Waals surface area contributed by atoms with Gasteiger partial charge < -0.3 is 10.1 Å². The lowest BCUT2D eigenvalue weighted by Gasteiger charge is -2.10. The molecule has 0 aliphatic heterocycles. The van der Waals surface area contributed by atoms with Crippen LogP contribution in [0.1, 0.15) is 23.0 Å². The van der Waals surface area contributed by atoms with Crippen molar-refractivity contribution in [3.05, 3.63) is 11.3 Å². The molecule has 0 unspecified atom stereocenters. The third-order valence-electron chi connectivity index (χ3n) is 2.19. The number of anilines is 1. The van der Waals surface area contributed by atoms with Gasteiger partial charge in [0.15, 0.2) is 0 Å². The molecule has 9 heteroatoms. The Bertz CT molecular complexity index is 508. The molecular weight excluding hydrogens is 267 g/mol. The summed E-state index contributed by atoms with van der Waals surface area (Å²) in [6.45, 7) is 3.03. The van der Waals surface area contributed by atoms with Crippen LogP contribution in [-0.2, 0) is 16.6 Å². The van der Waals surface area contributed by atoms with E-state index in [2.05, 4.69) is 5.10 Å². The number of rotatable bonds is 3. The summed E-state index contributed by atoms with van der Waals surface area (Å²) < 4.78 is 42.3. The first-order valence-electron chi connectivity index (χ1n) is 5.27. The van der Waals surface area contributed by atoms with Crippen LogP contribution in [-0.4, -0.2) is 34.4 Å². The highest BCUT2D eigenvalue weighted by atomic mass is 19.4. The second kappa shape index (κ2) is 5.29. The number of carbonyl (C=O) groups excluding carboxylic acids is 2. The molecule has 1 N–H and O–H groups in total. The number of hydrogen-bond donors (Lipinski definition) is 1. The Kier molecular flexibility index (Phi) is 4.17. The average Bonchev–Trinajstić information content (AvgIpc) is 2.52. The van der Waals surface area contributed by atoms with E-state index in [0.717, 1.165) is 4.68 Å². The Balaban J connectivity index is 3.14. The summed E-state index contributed by atoms with van der Waals surface area (Å²) in [5.74, 6) is -3.37. The Labute approximate surface area is 106 Å². The maximum Gasteiger partial charge on any atom is 0.471 e. The van der Waals surface area contributed by atoms with Gasteiger partial charge in [0.25, 0.3) is 0 Å². The number of nitrogens with zero attached hydrogens (tertiary/aromatic N) is 2. The summed E-state index contributed by atoms with van der Waals surface area (Å²) in [5.41, 5.74) is -0.0274. The zero-order chi connectivity index (χ0) is 14.8. The molecule has 106 valence electrons. The van der Waals surface area contributed by atoms with E-state index in [1.54, 1.807) is 12.2 Å². The van der Waals surface area contributed by atoms with E-state index in [9.17, 15) is 22.8 Å². The Morgan fingerprint density at radius 3 is 2.47 bits per heavy atom. The first-order valence-corrected chi connectivity index (χ1v) is 5.27. The minimum atomic E-state index is -5.05. The van der Waals surface area contributed by atoms with Crippen LogP contribution in [0.4, 0.5) is 19.0 Å². The molecule has 0 bridgehead atoms. The first kappa shape index (κ1) is 15.0. The van der Waals surface area contributed by atoms with Crippen molar-refractivity contribution in [3.63, 3.8) is 0 Å². The molecule has 0 aliphatic carbocycles. The molecule has 0 fully saturated rings. The van der Waals surface area contributed by atoms with Crippen LogP contribution < -0.4 is 5.32 Å². The van der Waals surface area contributed by atoms with Crippen LogP contribution in [0.25, 0.3) is 0 Å². The molecular formula is C10H12F3N3O3. The van der Waals surface area contributed by atoms with Crippen LogP contribution in [0.15, 0.2) is 0 Å². The Morgan fingerprint density at radius 2 is 2.00 bits per heavy atom. The van der Waals surface area contributed by atoms with Crippen LogP contribution in [0, 0.1) is 6.92 Å². The van der Waals surface area contributed by atoms with Gasteiger partial charge in [0.05, 0.1) is 12.3 Å². The van der Waals surface area contributed by atoms with Crippen molar-refractivity contribution in [3.8, 4) is 0 Å². The highest BCUT2D eigenvalue weighted by Gasteiger charge is 2.40. The summed E-state index contributed by atoms with van der Waals surface area (Å²) in [4.78, 5) is 22.5. The highest BCUT2D eigenvalue weighted by Crippen LogP contribution is 2.23. The number of aryl methyl sites for hydroxylation is 2. The number of carbonyl (C=O) groups is 2. The predicted octanol–water partition coefficient (Wildman–Crippen LogP) is 1.41. The third kappa shape index (κ3) is 3.24. The molecule has 1 amide bonds. The molecule has 19 heavy (non-hydrogen) atoms. The second-order valence-electron chi connectivity index (χ2n) is 3.60. The minimum Gasteiger partial charge on any atom is -0.462 e. The van der Waals surface area contributed by atoms with Crippen LogP contribution in [0.5, 0.6) is 0 Å². The molecule has 0 saturated carbocycles. The monoisotopic (exact) mass is 279 g/mol. The average molecular weight is 279 g/mol. The van der Waals surface area contributed by atoms with Crippen molar-refractivity contribution in [1.29, 1.82) is 0 Å². The summed E-state index contributed by atoms with van der Waals surface area (Å²) in [7, 11) is 1.31. The van der Waals surface area contributed by atoms with E-state index in [1.165, 1.54) is 14.0 Å². The maximum absolute atomic E-state index is 12.2. The second-order valence-corrected chi connectivity index (χ2v) is 3.60. The fraction of sp³-hybridized carbons (Fsp3) is 0.500. The maximum atomic E-state index is 12.2. The van der Waals surface area contributed by atoms with E-state index in [0.29, 0.717) is 0 Å². The van der Waals surface area contributed by atoms with Gasteiger partial charge in [-0.25, -0.2) is 4.79 Å². The van der Waals surface area contributed by atoms with Crippen LogP contribution in [0.2, 0.25) is 0 Å². The lowest BCUT2D eigenvalue weighted by molar-refractivity contribution is -0.167. The zero-order valence-corrected chi connectivity index (χ0v) is 10.5. The van der Waals surface area contributed by atoms with Gasteiger partial charge in [0.2, 0.25) is 0 Å². The number of ether oxygens (including phenoxy) is 1. The number of hydrogen-bond acceptors (Lipinski definition) is 4. The van der Waals surface area contributed by atoms with Crippen molar-refractivity contribution in [2.45, 2.75) is 20.0 Å². The molecule has 6 nitrogen and oxygen atoms in total. The molecule has 0 saturated heterocycles. The number of aromatic nitrogens is 2. The number of amides is 1. The van der Waals surface area contributed by atoms with Crippen LogP contribution >= 0.6 is 0 Å². The van der Waals surface area contributed by atoms with E-state index in [-0.39, 0.29) is 23.7 Å². The molecule has 1 aromatic rings. The van der Waals surface area contributed by atoms with E-state index in [4.69, 9.17) is 4.74 Å². The lowest BCUT2D eigenvalue weighted by Crippen LogP contribution is -2.31. The van der Waals surface area contributed by atoms with Gasteiger partial charge in [-0.1, -0.05) is 0 Å². The van der Waals surface area contributed by atoms with Gasteiger partial charge in [-0.15, -0.1) is 0 Å². The van der Waals surface area contributed by atoms with Gasteiger partial charge in [-0.3, -0.25) is 9.48 Å². The normalized spacial score (nSPS) is 11.3. The van der Waals surface area contributed by atoms with Gasteiger partial charge in [0.1, 0.15) is 11.4 Å². The zero-order valence-electron chi connectivity index (χ0n) is 10.5. The molecule has 1 rings (SSSR count). The third-order valence-corrected chi connectivity index (χ3v) is 2.19. The number of halogens is 3. The van der Waals surface area contributed by atoms with E-state index >= 15 is 0 Å².